The lowest BCUT2D eigenvalue weighted by molar-refractivity contribution is -0.147. The van der Waals surface area contributed by atoms with Gasteiger partial charge in [-0.1, -0.05) is 83.3 Å². The van der Waals surface area contributed by atoms with Crippen LogP contribution in [0.3, 0.4) is 0 Å². The third kappa shape index (κ3) is 14.1. The molecule has 0 aliphatic carbocycles. The smallest absolute Gasteiger partial charge is 0.248 e. The van der Waals surface area contributed by atoms with Gasteiger partial charge in [-0.05, 0) is 55.2 Å². The maximum Gasteiger partial charge on any atom is 0.248 e. The fraction of sp³-hybridized carbons (Fsp3) is 0.609. The van der Waals surface area contributed by atoms with E-state index in [1.165, 1.54) is 63.8 Å². The maximum atomic E-state index is 14.6. The van der Waals surface area contributed by atoms with Crippen LogP contribution >= 0.6 is 0 Å². The zero-order valence-electron chi connectivity index (χ0n) is 36.9. The molecule has 340 valence electrons. The number of nitrogens with one attached hydrogen (secondary N) is 3. The van der Waals surface area contributed by atoms with Crippen LogP contribution in [-0.4, -0.2) is 110 Å². The number of benzene rings is 2. The van der Waals surface area contributed by atoms with Gasteiger partial charge in [0.15, 0.2) is 0 Å². The van der Waals surface area contributed by atoms with E-state index in [4.69, 9.17) is 31.9 Å². The number of unbranched alkanes of at least 4 members (excludes halogenated alkanes) is 10. The standard InChI is InChI=1S/C46H69N9O7/c1-4-5-6-7-8-9-10-11-12-13-14-15-41(56)55-30-34(50)29-38(55)46(60)54(3)42-33-17-19-40(62-25-22-49)36(28-33)35-26-32(16-18-39(35)61-24-21-48)27-37(44(58)51-23-20-47)53-43(57)31(2)52-45(42)59/h16-19,26,28,31,34,37-38,42H,4-15,21-25,27,29-30,48-50H2,1-3H3,(H,51,58)(H,52,59)(H,53,57)/t31-,34+,37-,38-,42-/m0/s1. The van der Waals surface area contributed by atoms with Crippen LogP contribution in [0.15, 0.2) is 36.4 Å². The van der Waals surface area contributed by atoms with E-state index < -0.39 is 53.8 Å². The van der Waals surface area contributed by atoms with Gasteiger partial charge in [0.05, 0.1) is 6.07 Å². The monoisotopic (exact) mass is 860 g/mol. The fourth-order valence-corrected chi connectivity index (χ4v) is 8.16. The molecule has 2 heterocycles. The molecule has 4 bridgehead atoms. The summed E-state index contributed by atoms with van der Waals surface area (Å²) in [5, 5.41) is 17.1. The number of nitrogens with zero attached hydrogens (tertiary/aromatic N) is 3. The number of likely N-dealkylation sites (N-methyl/N-ethyl adjacent to an activating group) is 1. The summed E-state index contributed by atoms with van der Waals surface area (Å²) in [4.78, 5) is 72.7. The molecule has 0 radical (unpaired) electrons. The van der Waals surface area contributed by atoms with Gasteiger partial charge < -0.3 is 52.4 Å². The molecule has 5 atom stereocenters. The molecule has 2 aliphatic rings. The van der Waals surface area contributed by atoms with Crippen molar-refractivity contribution in [3.63, 3.8) is 0 Å². The highest BCUT2D eigenvalue weighted by Gasteiger charge is 2.42. The van der Waals surface area contributed by atoms with Crippen LogP contribution in [0.4, 0.5) is 0 Å². The number of ether oxygens (including phenoxy) is 2. The second-order valence-corrected chi connectivity index (χ2v) is 16.4. The predicted molar refractivity (Wildman–Crippen MR) is 238 cm³/mol. The number of nitrogens with two attached hydrogens (primary N) is 3. The van der Waals surface area contributed by atoms with Gasteiger partial charge >= 0.3 is 0 Å². The average Bonchev–Trinajstić information content (AvgIpc) is 3.66. The Morgan fingerprint density at radius 1 is 0.871 bits per heavy atom. The normalized spacial score (nSPS) is 20.0. The minimum Gasteiger partial charge on any atom is -0.492 e. The van der Waals surface area contributed by atoms with Gasteiger partial charge in [-0.25, -0.2) is 0 Å². The second kappa shape index (κ2) is 25.6. The van der Waals surface area contributed by atoms with Crippen LogP contribution in [-0.2, 0) is 30.4 Å². The number of hydrogen-bond donors (Lipinski definition) is 6. The summed E-state index contributed by atoms with van der Waals surface area (Å²) < 4.78 is 12.2. The molecule has 0 saturated carbocycles. The first-order valence-corrected chi connectivity index (χ1v) is 22.4. The molecule has 0 unspecified atom stereocenters. The summed E-state index contributed by atoms with van der Waals surface area (Å²) in [6.45, 7) is 4.43. The molecule has 2 aromatic rings. The van der Waals surface area contributed by atoms with Crippen LogP contribution in [0.1, 0.15) is 114 Å². The summed E-state index contributed by atoms with van der Waals surface area (Å²) in [7, 11) is 1.50. The Kier molecular flexibility index (Phi) is 20.4. The van der Waals surface area contributed by atoms with Gasteiger partial charge in [0.1, 0.15) is 55.4 Å². The molecule has 2 aromatic carbocycles. The highest BCUT2D eigenvalue weighted by molar-refractivity contribution is 5.96. The highest BCUT2D eigenvalue weighted by Crippen LogP contribution is 2.40. The van der Waals surface area contributed by atoms with E-state index in [1.54, 1.807) is 41.3 Å². The van der Waals surface area contributed by atoms with Crippen LogP contribution in [0.5, 0.6) is 11.5 Å². The van der Waals surface area contributed by atoms with Gasteiger partial charge in [-0.2, -0.15) is 5.26 Å². The van der Waals surface area contributed by atoms with E-state index in [9.17, 15) is 24.0 Å². The van der Waals surface area contributed by atoms with Gasteiger partial charge in [0, 0.05) is 56.7 Å². The quantitative estimate of drug-likeness (QED) is 0.0740. The molecule has 16 nitrogen and oxygen atoms in total. The maximum absolute atomic E-state index is 14.6. The molecule has 16 heteroatoms. The van der Waals surface area contributed by atoms with E-state index in [0.29, 0.717) is 46.6 Å². The molecule has 0 spiro atoms. The van der Waals surface area contributed by atoms with Crippen molar-refractivity contribution >= 4 is 29.5 Å². The number of carbonyl (C=O) groups excluding carboxylic acids is 5. The van der Waals surface area contributed by atoms with Crippen molar-refractivity contribution in [2.75, 3.05) is 46.4 Å². The van der Waals surface area contributed by atoms with E-state index in [2.05, 4.69) is 22.9 Å². The van der Waals surface area contributed by atoms with Crippen molar-refractivity contribution in [3.8, 4) is 28.7 Å². The molecule has 1 saturated heterocycles. The largest absolute Gasteiger partial charge is 0.492 e. The van der Waals surface area contributed by atoms with Gasteiger partial charge in [0.2, 0.25) is 29.5 Å². The molecule has 5 amide bonds. The van der Waals surface area contributed by atoms with Crippen molar-refractivity contribution in [3.05, 3.63) is 47.5 Å². The van der Waals surface area contributed by atoms with Gasteiger partial charge in [0.25, 0.3) is 0 Å². The molecule has 4 rings (SSSR count). The van der Waals surface area contributed by atoms with Crippen molar-refractivity contribution < 1.29 is 33.4 Å². The lowest BCUT2D eigenvalue weighted by atomic mass is 9.93. The highest BCUT2D eigenvalue weighted by atomic mass is 16.5. The molecular formula is C46H69N9O7. The molecule has 2 aliphatic heterocycles. The Labute approximate surface area is 367 Å². The number of carbonyl (C=O) groups is 5. The second-order valence-electron chi connectivity index (χ2n) is 16.4. The number of amides is 5. The van der Waals surface area contributed by atoms with Crippen LogP contribution in [0, 0.1) is 11.3 Å². The van der Waals surface area contributed by atoms with Crippen LogP contribution < -0.4 is 42.6 Å². The zero-order chi connectivity index (χ0) is 45.0. The van der Waals surface area contributed by atoms with Gasteiger partial charge in [-0.15, -0.1) is 0 Å². The molecule has 62 heavy (non-hydrogen) atoms. The number of likely N-dealkylation sites (tertiary alicyclic amines) is 1. The van der Waals surface area contributed by atoms with E-state index >= 15 is 0 Å². The van der Waals surface area contributed by atoms with Crippen LogP contribution in [0.2, 0.25) is 0 Å². The molecule has 1 fully saturated rings. The first kappa shape index (κ1) is 49.4. The van der Waals surface area contributed by atoms with Crippen LogP contribution in [0.25, 0.3) is 11.1 Å². The third-order valence-corrected chi connectivity index (χ3v) is 11.5. The first-order valence-electron chi connectivity index (χ1n) is 22.4. The summed E-state index contributed by atoms with van der Waals surface area (Å²) in [6, 6.07) is 7.37. The Hall–Kier alpha value is -5.24. The Bertz CT molecular complexity index is 1850. The summed E-state index contributed by atoms with van der Waals surface area (Å²) in [5.74, 6) is -1.70. The number of fused-ring (bicyclic) bond motifs is 5. The Morgan fingerprint density at radius 3 is 2.08 bits per heavy atom. The van der Waals surface area contributed by atoms with Crippen molar-refractivity contribution in [1.29, 1.82) is 5.26 Å². The fourth-order valence-electron chi connectivity index (χ4n) is 8.16. The predicted octanol–water partition coefficient (Wildman–Crippen LogP) is 3.34. The minimum absolute atomic E-state index is 0.0321. The molecule has 0 aromatic heterocycles. The molecular weight excluding hydrogens is 791 g/mol. The minimum atomic E-state index is -1.30. The zero-order valence-corrected chi connectivity index (χ0v) is 36.9. The van der Waals surface area contributed by atoms with Crippen molar-refractivity contribution in [2.45, 2.75) is 134 Å². The van der Waals surface area contributed by atoms with Crippen molar-refractivity contribution in [2.24, 2.45) is 17.2 Å². The third-order valence-electron chi connectivity index (χ3n) is 11.5. The first-order chi connectivity index (χ1) is 29.9. The topological polar surface area (TPSA) is 248 Å². The number of rotatable bonds is 22. The van der Waals surface area contributed by atoms with E-state index in [1.807, 2.05) is 6.07 Å². The Balaban J connectivity index is 1.66. The Morgan fingerprint density at radius 2 is 1.47 bits per heavy atom. The van der Waals surface area contributed by atoms with Gasteiger partial charge in [-0.3, -0.25) is 24.0 Å². The average molecular weight is 860 g/mol. The summed E-state index contributed by atoms with van der Waals surface area (Å²) in [5.41, 5.74) is 20.1. The lowest BCUT2D eigenvalue weighted by Gasteiger charge is -2.34. The van der Waals surface area contributed by atoms with E-state index in [0.717, 1.165) is 19.3 Å². The number of hydrogen-bond acceptors (Lipinski definition) is 11. The summed E-state index contributed by atoms with van der Waals surface area (Å²) >= 11 is 0. The lowest BCUT2D eigenvalue weighted by Crippen LogP contribution is -2.55. The summed E-state index contributed by atoms with van der Waals surface area (Å²) in [6.07, 6.45) is 13.2. The molecule has 9 N–H and O–H groups in total. The van der Waals surface area contributed by atoms with E-state index in [-0.39, 0.29) is 58.1 Å². The number of nitriles is 1. The SMILES string of the molecule is CCCCCCCCCCCCCC(=O)N1C[C@H](N)C[C@H]1C(=O)N(C)[C@@H]1C(=O)N[C@@H](C)C(=O)N[C@H](C(=O)NCC#N)Cc2ccc(OCCN)c(c2)-c2cc1ccc2OCCN. The van der Waals surface area contributed by atoms with Crippen molar-refractivity contribution in [1.82, 2.24) is 25.8 Å².